The van der Waals surface area contributed by atoms with Gasteiger partial charge in [0.25, 0.3) is 11.8 Å². The fourth-order valence-corrected chi connectivity index (χ4v) is 3.20. The topological polar surface area (TPSA) is 59.1 Å². The molecule has 0 N–H and O–H groups in total. The summed E-state index contributed by atoms with van der Waals surface area (Å²) in [5.74, 6) is 1.23. The molecule has 2 aromatic carbocycles. The summed E-state index contributed by atoms with van der Waals surface area (Å²) in [7, 11) is 1.58. The number of methoxy groups -OCH3 is 1. The molecule has 28 heavy (non-hydrogen) atoms. The first-order valence-electron chi connectivity index (χ1n) is 9.43. The molecular formula is C22H26N2O4. The molecule has 0 spiro atoms. The Labute approximate surface area is 165 Å². The van der Waals surface area contributed by atoms with Gasteiger partial charge in [0.15, 0.2) is 6.10 Å². The van der Waals surface area contributed by atoms with Crippen LogP contribution >= 0.6 is 0 Å². The highest BCUT2D eigenvalue weighted by Gasteiger charge is 2.28. The molecule has 0 radical (unpaired) electrons. The Balaban J connectivity index is 1.54. The Morgan fingerprint density at radius 3 is 2.21 bits per heavy atom. The lowest BCUT2D eigenvalue weighted by atomic mass is 10.1. The van der Waals surface area contributed by atoms with Gasteiger partial charge >= 0.3 is 0 Å². The van der Waals surface area contributed by atoms with Gasteiger partial charge in [-0.1, -0.05) is 23.8 Å². The van der Waals surface area contributed by atoms with Crippen molar-refractivity contribution in [2.75, 3.05) is 33.3 Å². The summed E-state index contributed by atoms with van der Waals surface area (Å²) in [4.78, 5) is 28.9. The summed E-state index contributed by atoms with van der Waals surface area (Å²) in [5.41, 5.74) is 1.73. The lowest BCUT2D eigenvalue weighted by molar-refractivity contribution is -0.139. The number of piperazine rings is 1. The number of rotatable bonds is 5. The van der Waals surface area contributed by atoms with Gasteiger partial charge in [0.05, 0.1) is 7.11 Å². The van der Waals surface area contributed by atoms with Gasteiger partial charge in [0.1, 0.15) is 11.5 Å². The van der Waals surface area contributed by atoms with Crippen LogP contribution in [0, 0.1) is 6.92 Å². The van der Waals surface area contributed by atoms with Gasteiger partial charge in [0.2, 0.25) is 0 Å². The van der Waals surface area contributed by atoms with Crippen molar-refractivity contribution in [3.8, 4) is 11.5 Å². The lowest BCUT2D eigenvalue weighted by Gasteiger charge is -2.36. The van der Waals surface area contributed by atoms with E-state index in [1.54, 1.807) is 42.0 Å². The first-order chi connectivity index (χ1) is 13.5. The Bertz CT molecular complexity index is 827. The first-order valence-corrected chi connectivity index (χ1v) is 9.43. The number of carbonyl (C=O) groups excluding carboxylic acids is 2. The van der Waals surface area contributed by atoms with Crippen molar-refractivity contribution in [3.05, 3.63) is 59.7 Å². The second-order valence-corrected chi connectivity index (χ2v) is 6.92. The molecule has 1 unspecified atom stereocenters. The van der Waals surface area contributed by atoms with Crippen molar-refractivity contribution in [2.24, 2.45) is 0 Å². The van der Waals surface area contributed by atoms with E-state index in [4.69, 9.17) is 9.47 Å². The Kier molecular flexibility index (Phi) is 6.19. The molecule has 1 aliphatic heterocycles. The molecule has 2 amide bonds. The number of ether oxygens (including phenoxy) is 2. The SMILES string of the molecule is COc1cccc(C(=O)N2CCN(C(=O)C(C)Oc3ccc(C)cc3)CC2)c1. The van der Waals surface area contributed by atoms with E-state index in [-0.39, 0.29) is 11.8 Å². The van der Waals surface area contributed by atoms with Gasteiger partial charge in [-0.25, -0.2) is 0 Å². The number of aryl methyl sites for hydroxylation is 1. The number of hydrogen-bond donors (Lipinski definition) is 0. The van der Waals surface area contributed by atoms with Crippen LogP contribution in [-0.2, 0) is 4.79 Å². The fourth-order valence-electron chi connectivity index (χ4n) is 3.20. The average Bonchev–Trinajstić information content (AvgIpc) is 2.74. The van der Waals surface area contributed by atoms with E-state index in [0.717, 1.165) is 5.56 Å². The molecule has 148 valence electrons. The molecule has 2 aromatic rings. The van der Waals surface area contributed by atoms with Crippen molar-refractivity contribution >= 4 is 11.8 Å². The monoisotopic (exact) mass is 382 g/mol. The summed E-state index contributed by atoms with van der Waals surface area (Å²) in [5, 5.41) is 0. The predicted octanol–water partition coefficient (Wildman–Crippen LogP) is 2.76. The molecule has 1 aliphatic rings. The van der Waals surface area contributed by atoms with Crippen molar-refractivity contribution in [1.82, 2.24) is 9.80 Å². The van der Waals surface area contributed by atoms with Crippen molar-refractivity contribution < 1.29 is 19.1 Å². The Hall–Kier alpha value is -3.02. The van der Waals surface area contributed by atoms with Crippen LogP contribution in [0.25, 0.3) is 0 Å². The van der Waals surface area contributed by atoms with E-state index in [1.807, 2.05) is 37.3 Å². The normalized spacial score (nSPS) is 15.1. The maximum atomic E-state index is 12.7. The lowest BCUT2D eigenvalue weighted by Crippen LogP contribution is -2.53. The third kappa shape index (κ3) is 4.63. The van der Waals surface area contributed by atoms with Crippen LogP contribution in [0.2, 0.25) is 0 Å². The third-order valence-corrected chi connectivity index (χ3v) is 4.88. The maximum Gasteiger partial charge on any atom is 0.263 e. The van der Waals surface area contributed by atoms with Crippen molar-refractivity contribution in [3.63, 3.8) is 0 Å². The van der Waals surface area contributed by atoms with Crippen LogP contribution in [0.5, 0.6) is 11.5 Å². The zero-order chi connectivity index (χ0) is 20.1. The Morgan fingerprint density at radius 1 is 0.929 bits per heavy atom. The molecule has 1 saturated heterocycles. The summed E-state index contributed by atoms with van der Waals surface area (Å²) in [6.45, 7) is 5.75. The largest absolute Gasteiger partial charge is 0.497 e. The van der Waals surface area contributed by atoms with E-state index in [1.165, 1.54) is 0 Å². The van der Waals surface area contributed by atoms with E-state index < -0.39 is 6.10 Å². The second-order valence-electron chi connectivity index (χ2n) is 6.92. The van der Waals surface area contributed by atoms with Crippen LogP contribution in [0.15, 0.2) is 48.5 Å². The number of carbonyl (C=O) groups is 2. The zero-order valence-electron chi connectivity index (χ0n) is 16.6. The molecule has 1 fully saturated rings. The molecule has 0 aliphatic carbocycles. The molecule has 1 atom stereocenters. The fraction of sp³-hybridized carbons (Fsp3) is 0.364. The van der Waals surface area contributed by atoms with Gasteiger partial charge in [-0.05, 0) is 44.2 Å². The molecule has 6 heteroatoms. The minimum atomic E-state index is -0.566. The minimum Gasteiger partial charge on any atom is -0.497 e. The maximum absolute atomic E-state index is 12.7. The summed E-state index contributed by atoms with van der Waals surface area (Å²) in [6.07, 6.45) is -0.566. The van der Waals surface area contributed by atoms with Crippen molar-refractivity contribution in [2.45, 2.75) is 20.0 Å². The van der Waals surface area contributed by atoms with Gasteiger partial charge in [0, 0.05) is 31.7 Å². The molecular weight excluding hydrogens is 356 g/mol. The molecule has 0 bridgehead atoms. The van der Waals surface area contributed by atoms with Gasteiger partial charge < -0.3 is 19.3 Å². The number of benzene rings is 2. The number of amides is 2. The van der Waals surface area contributed by atoms with Gasteiger partial charge in [-0.3, -0.25) is 9.59 Å². The quantitative estimate of drug-likeness (QED) is 0.798. The minimum absolute atomic E-state index is 0.0463. The average molecular weight is 382 g/mol. The van der Waals surface area contributed by atoms with Crippen LogP contribution in [0.4, 0.5) is 0 Å². The summed E-state index contributed by atoms with van der Waals surface area (Å²) < 4.78 is 11.0. The highest BCUT2D eigenvalue weighted by molar-refractivity contribution is 5.94. The molecule has 0 aromatic heterocycles. The Morgan fingerprint density at radius 2 is 1.57 bits per heavy atom. The number of nitrogens with zero attached hydrogens (tertiary/aromatic N) is 2. The highest BCUT2D eigenvalue weighted by Crippen LogP contribution is 2.17. The predicted molar refractivity (Wildman–Crippen MR) is 107 cm³/mol. The molecule has 1 heterocycles. The highest BCUT2D eigenvalue weighted by atomic mass is 16.5. The first kappa shape index (κ1) is 19.7. The van der Waals surface area contributed by atoms with E-state index in [9.17, 15) is 9.59 Å². The summed E-state index contributed by atoms with van der Waals surface area (Å²) >= 11 is 0. The number of hydrogen-bond acceptors (Lipinski definition) is 4. The van der Waals surface area contributed by atoms with Crippen LogP contribution in [0.1, 0.15) is 22.8 Å². The smallest absolute Gasteiger partial charge is 0.263 e. The van der Waals surface area contributed by atoms with Gasteiger partial charge in [-0.2, -0.15) is 0 Å². The zero-order valence-corrected chi connectivity index (χ0v) is 16.6. The van der Waals surface area contributed by atoms with Crippen molar-refractivity contribution in [1.29, 1.82) is 0 Å². The van der Waals surface area contributed by atoms with Gasteiger partial charge in [-0.15, -0.1) is 0 Å². The van der Waals surface area contributed by atoms with Crippen LogP contribution in [-0.4, -0.2) is 61.0 Å². The molecule has 0 saturated carbocycles. The second kappa shape index (κ2) is 8.78. The molecule has 3 rings (SSSR count). The molecule has 6 nitrogen and oxygen atoms in total. The third-order valence-electron chi connectivity index (χ3n) is 4.88. The van der Waals surface area contributed by atoms with Crippen LogP contribution in [0.3, 0.4) is 0 Å². The van der Waals surface area contributed by atoms with E-state index in [2.05, 4.69) is 0 Å². The summed E-state index contributed by atoms with van der Waals surface area (Å²) in [6, 6.07) is 14.8. The van der Waals surface area contributed by atoms with Crippen LogP contribution < -0.4 is 9.47 Å². The standard InChI is InChI=1S/C22H26N2O4/c1-16-7-9-19(10-8-16)28-17(2)21(25)23-11-13-24(14-12-23)22(26)18-5-4-6-20(15-18)27-3/h4-10,15,17H,11-14H2,1-3H3. The van der Waals surface area contributed by atoms with E-state index >= 15 is 0 Å². The van der Waals surface area contributed by atoms with E-state index in [0.29, 0.717) is 43.2 Å².